The summed E-state index contributed by atoms with van der Waals surface area (Å²) in [4.78, 5) is 53.9. The number of esters is 1. The van der Waals surface area contributed by atoms with Crippen molar-refractivity contribution in [3.63, 3.8) is 0 Å². The number of hydrogen-bond donors (Lipinski definition) is 2. The van der Waals surface area contributed by atoms with E-state index in [9.17, 15) is 24.4 Å². The largest absolute Gasteiger partial charge is 0.622 e. The highest BCUT2D eigenvalue weighted by atomic mass is 16.7. The molecule has 3 unspecified atom stereocenters. The zero-order chi connectivity index (χ0) is 31.4. The summed E-state index contributed by atoms with van der Waals surface area (Å²) in [6, 6.07) is 26.3. The highest BCUT2D eigenvalue weighted by molar-refractivity contribution is 6.01. The van der Waals surface area contributed by atoms with Crippen molar-refractivity contribution in [2.45, 2.75) is 39.2 Å². The van der Waals surface area contributed by atoms with Crippen LogP contribution < -0.4 is 10.6 Å². The molecule has 12 nitrogen and oxygen atoms in total. The topological polar surface area (TPSA) is 155 Å². The van der Waals surface area contributed by atoms with Gasteiger partial charge < -0.3 is 19.4 Å². The molecule has 3 atom stereocenters. The molecule has 230 valence electrons. The van der Waals surface area contributed by atoms with Crippen LogP contribution in [0.1, 0.15) is 41.3 Å². The molecule has 3 aromatic carbocycles. The first-order valence-corrected chi connectivity index (χ1v) is 14.1. The summed E-state index contributed by atoms with van der Waals surface area (Å²) in [5, 5.41) is 18.3. The second kappa shape index (κ2) is 15.4. The second-order valence-electron chi connectivity index (χ2n) is 10.2. The molecule has 0 aliphatic carbocycles. The molecule has 12 heteroatoms. The summed E-state index contributed by atoms with van der Waals surface area (Å²) in [7, 11) is 0. The van der Waals surface area contributed by atoms with Gasteiger partial charge >= 0.3 is 24.1 Å². The number of ether oxygens (including phenoxy) is 3. The smallest absolute Gasteiger partial charge is 0.414 e. The molecule has 0 spiro atoms. The minimum absolute atomic E-state index is 0.00845. The Morgan fingerprint density at radius 3 is 1.82 bits per heavy atom. The quantitative estimate of drug-likeness (QED) is 0.0646. The molecule has 1 aliphatic heterocycles. The number of nitrogens with zero attached hydrogens (tertiary/aromatic N) is 2. The fourth-order valence-corrected chi connectivity index (χ4v) is 4.69. The summed E-state index contributed by atoms with van der Waals surface area (Å²) in [6.07, 6.45) is -2.06. The predicted molar refractivity (Wildman–Crippen MR) is 159 cm³/mol. The molecule has 4 rings (SSSR count). The normalized spacial score (nSPS) is 18.6. The minimum Gasteiger partial charge on any atom is -0.622 e. The van der Waals surface area contributed by atoms with Crippen LogP contribution in [0.3, 0.4) is 0 Å². The van der Waals surface area contributed by atoms with Crippen LogP contribution in [0, 0.1) is 11.1 Å². The van der Waals surface area contributed by atoms with Crippen molar-refractivity contribution < 1.29 is 38.0 Å². The number of nitrogens with one attached hydrogen (secondary N) is 2. The number of carbonyl (C=O) groups is 4. The van der Waals surface area contributed by atoms with E-state index in [4.69, 9.17) is 14.2 Å². The Morgan fingerprint density at radius 2 is 1.32 bits per heavy atom. The third-order valence-corrected chi connectivity index (χ3v) is 6.84. The lowest BCUT2D eigenvalue weighted by Gasteiger charge is -2.56. The highest BCUT2D eigenvalue weighted by Crippen LogP contribution is 2.38. The molecular weight excluding hydrogens is 568 g/mol. The van der Waals surface area contributed by atoms with Crippen LogP contribution in [-0.2, 0) is 32.2 Å². The maximum atomic E-state index is 13.4. The Hall–Kier alpha value is -5.07. The van der Waals surface area contributed by atoms with Gasteiger partial charge in [0.2, 0.25) is 5.96 Å². The van der Waals surface area contributed by atoms with E-state index in [0.29, 0.717) is 12.8 Å². The van der Waals surface area contributed by atoms with Crippen LogP contribution in [0.25, 0.3) is 0 Å². The summed E-state index contributed by atoms with van der Waals surface area (Å²) >= 11 is 0. The van der Waals surface area contributed by atoms with Gasteiger partial charge in [-0.25, -0.2) is 14.4 Å². The van der Waals surface area contributed by atoms with Crippen LogP contribution in [0.5, 0.6) is 0 Å². The van der Waals surface area contributed by atoms with Crippen LogP contribution in [0.4, 0.5) is 9.59 Å². The van der Waals surface area contributed by atoms with Gasteiger partial charge in [0, 0.05) is 13.5 Å². The van der Waals surface area contributed by atoms with Crippen molar-refractivity contribution in [3.8, 4) is 0 Å². The van der Waals surface area contributed by atoms with E-state index in [1.54, 1.807) is 54.6 Å². The lowest BCUT2D eigenvalue weighted by Crippen LogP contribution is -2.71. The summed E-state index contributed by atoms with van der Waals surface area (Å²) in [5.74, 6) is -1.89. The van der Waals surface area contributed by atoms with E-state index in [1.165, 1.54) is 6.92 Å². The molecule has 1 fully saturated rings. The fourth-order valence-electron chi connectivity index (χ4n) is 4.69. The predicted octanol–water partition coefficient (Wildman–Crippen LogP) is 4.65. The number of aliphatic imine (C=N–C) groups is 1. The molecule has 1 heterocycles. The van der Waals surface area contributed by atoms with Gasteiger partial charge in [-0.3, -0.25) is 25.1 Å². The van der Waals surface area contributed by atoms with E-state index in [2.05, 4.69) is 15.6 Å². The van der Waals surface area contributed by atoms with E-state index in [0.717, 1.165) is 11.1 Å². The number of hydrogen-bond acceptors (Lipinski definition) is 9. The molecule has 1 aliphatic rings. The van der Waals surface area contributed by atoms with Gasteiger partial charge in [-0.15, -0.1) is 0 Å². The molecular formula is C32H34N4O8. The number of carbonyl (C=O) groups excluding carboxylic acids is 4. The Morgan fingerprint density at radius 1 is 0.818 bits per heavy atom. The molecule has 3 amide bonds. The Balaban J connectivity index is 1.35. The lowest BCUT2D eigenvalue weighted by atomic mass is 9.90. The molecule has 2 N–H and O–H groups in total. The second-order valence-corrected chi connectivity index (χ2v) is 10.2. The number of benzene rings is 3. The standard InChI is InChI=1S/C32H34N4O8/c1-23(37)44-29-27(20-36(29,41)28(38)26-16-9-4-10-17-26)18-11-19-33-30(34-31(39)42-21-24-12-5-2-6-13-24)35-32(40)43-22-25-14-7-3-8-15-25/h2-10,12-17,27,29H,11,18-22H2,1H3,(H2,33,34,35,39,40). The Bertz CT molecular complexity index is 1390. The van der Waals surface area contributed by atoms with Crippen LogP contribution in [0.15, 0.2) is 96.0 Å². The van der Waals surface area contributed by atoms with E-state index in [-0.39, 0.29) is 43.7 Å². The number of hydroxylamine groups is 3. The van der Waals surface area contributed by atoms with Gasteiger partial charge in [0.15, 0.2) is 0 Å². The zero-order valence-corrected chi connectivity index (χ0v) is 24.2. The number of amides is 3. The average Bonchev–Trinajstić information content (AvgIpc) is 3.04. The first kappa shape index (κ1) is 31.9. The van der Waals surface area contributed by atoms with E-state index in [1.807, 2.05) is 36.4 Å². The Labute approximate surface area is 254 Å². The molecule has 0 aromatic heterocycles. The van der Waals surface area contributed by atoms with E-state index >= 15 is 0 Å². The van der Waals surface area contributed by atoms with Crippen molar-refractivity contribution in [1.82, 2.24) is 10.6 Å². The SMILES string of the molecule is CC(=O)OC1C(CCCN=C(NC(=O)OCc2ccccc2)NC(=O)OCc2ccccc2)C[N+]1([O-])C(=O)c1ccccc1. The van der Waals surface area contributed by atoms with Crippen LogP contribution in [0.2, 0.25) is 0 Å². The van der Waals surface area contributed by atoms with Gasteiger partial charge in [-0.05, 0) is 36.1 Å². The van der Waals surface area contributed by atoms with Crippen LogP contribution >= 0.6 is 0 Å². The highest BCUT2D eigenvalue weighted by Gasteiger charge is 2.55. The number of guanidine groups is 1. The van der Waals surface area contributed by atoms with Gasteiger partial charge in [-0.2, -0.15) is 0 Å². The van der Waals surface area contributed by atoms with Crippen LogP contribution in [-0.4, -0.2) is 54.0 Å². The van der Waals surface area contributed by atoms with Crippen molar-refractivity contribution in [1.29, 1.82) is 0 Å². The number of quaternary nitrogens is 1. The van der Waals surface area contributed by atoms with Crippen molar-refractivity contribution >= 4 is 30.0 Å². The average molecular weight is 603 g/mol. The number of alkyl carbamates (subject to hydrolysis) is 2. The first-order valence-electron chi connectivity index (χ1n) is 14.1. The maximum absolute atomic E-state index is 13.4. The third kappa shape index (κ3) is 8.96. The van der Waals surface area contributed by atoms with Crippen molar-refractivity contribution in [3.05, 3.63) is 113 Å². The van der Waals surface area contributed by atoms with Crippen molar-refractivity contribution in [2.75, 3.05) is 13.1 Å². The van der Waals surface area contributed by atoms with Gasteiger partial charge in [0.25, 0.3) is 6.23 Å². The Kier molecular flexibility index (Phi) is 11.2. The lowest BCUT2D eigenvalue weighted by molar-refractivity contribution is -0.908. The molecule has 0 saturated carbocycles. The monoisotopic (exact) mass is 602 g/mol. The van der Waals surface area contributed by atoms with Gasteiger partial charge in [-0.1, -0.05) is 78.9 Å². The summed E-state index contributed by atoms with van der Waals surface area (Å²) in [6.45, 7) is 1.27. The van der Waals surface area contributed by atoms with E-state index < -0.39 is 34.9 Å². The number of rotatable bonds is 10. The number of likely N-dealkylation sites (tertiary alicyclic amines) is 1. The zero-order valence-electron chi connectivity index (χ0n) is 24.2. The maximum Gasteiger partial charge on any atom is 0.414 e. The molecule has 44 heavy (non-hydrogen) atoms. The van der Waals surface area contributed by atoms with Gasteiger partial charge in [0.1, 0.15) is 25.7 Å². The summed E-state index contributed by atoms with van der Waals surface area (Å²) in [5.41, 5.74) is 1.79. The third-order valence-electron chi connectivity index (χ3n) is 6.84. The minimum atomic E-state index is -1.29. The summed E-state index contributed by atoms with van der Waals surface area (Å²) < 4.78 is 14.5. The van der Waals surface area contributed by atoms with Gasteiger partial charge in [0.05, 0.1) is 5.56 Å². The van der Waals surface area contributed by atoms with Crippen molar-refractivity contribution in [2.24, 2.45) is 10.9 Å². The molecule has 1 saturated heterocycles. The first-order chi connectivity index (χ1) is 21.2. The fraction of sp³-hybridized carbons (Fsp3) is 0.281. The molecule has 3 aromatic rings. The molecule has 0 bridgehead atoms. The molecule has 0 radical (unpaired) electrons.